The van der Waals surface area contributed by atoms with Crippen LogP contribution < -0.4 is 0 Å². The molecule has 0 spiro atoms. The second-order valence-corrected chi connectivity index (χ2v) is 19.1. The molecular weight excluding hydrogens is 842 g/mol. The normalized spacial score (nSPS) is 12.1. The van der Waals surface area contributed by atoms with E-state index in [0.717, 1.165) is 11.4 Å². The van der Waals surface area contributed by atoms with E-state index in [1.807, 2.05) is 0 Å². The predicted molar refractivity (Wildman–Crippen MR) is 272 cm³/mol. The van der Waals surface area contributed by atoms with Crippen LogP contribution in [0.2, 0.25) is 0 Å². The Balaban J connectivity index is 1.05. The minimum absolute atomic E-state index is 0.204. The Bertz CT molecular complexity index is 4140. The average molecular weight is 879 g/mol. The molecule has 0 atom stereocenters. The first-order chi connectivity index (χ1) is 31.8. The van der Waals surface area contributed by atoms with Gasteiger partial charge in [-0.25, -0.2) is 0 Å². The maximum atomic E-state index is 2.59. The van der Waals surface area contributed by atoms with Gasteiger partial charge in [-0.15, -0.1) is 0 Å². The van der Waals surface area contributed by atoms with Crippen molar-refractivity contribution in [2.24, 2.45) is 0 Å². The van der Waals surface area contributed by atoms with Gasteiger partial charge in [0.15, 0.2) is 0 Å². The second-order valence-electron chi connectivity index (χ2n) is 16.9. The summed E-state index contributed by atoms with van der Waals surface area (Å²) < 4.78 is 10.3. The van der Waals surface area contributed by atoms with Gasteiger partial charge in [-0.3, -0.25) is 0 Å². The number of hydrogen-bond acceptors (Lipinski definition) is 0. The molecule has 10 aromatic carbocycles. The summed E-state index contributed by atoms with van der Waals surface area (Å²) in [6.07, 6.45) is 0. The molecule has 0 fully saturated rings. The molecule has 4 heterocycles. The molecular formula is C60H37N3Se. The summed E-state index contributed by atoms with van der Waals surface area (Å²) in [5, 5.41) is 10.2. The number of rotatable bonds is 5. The van der Waals surface area contributed by atoms with Crippen LogP contribution in [-0.4, -0.2) is 28.2 Å². The zero-order chi connectivity index (χ0) is 41.9. The van der Waals surface area contributed by atoms with Gasteiger partial charge in [-0.2, -0.15) is 0 Å². The van der Waals surface area contributed by atoms with Crippen LogP contribution in [0, 0.1) is 0 Å². The van der Waals surface area contributed by atoms with Gasteiger partial charge in [-0.1, -0.05) is 36.4 Å². The van der Waals surface area contributed by atoms with Crippen LogP contribution in [0.15, 0.2) is 224 Å². The summed E-state index contributed by atoms with van der Waals surface area (Å²) >= 11 is 0.204. The molecule has 0 bridgehead atoms. The van der Waals surface area contributed by atoms with Crippen molar-refractivity contribution in [3.8, 4) is 39.3 Å². The first-order valence-corrected chi connectivity index (χ1v) is 23.6. The number of fused-ring (bicyclic) bond motifs is 12. The van der Waals surface area contributed by atoms with Gasteiger partial charge in [0.25, 0.3) is 0 Å². The van der Waals surface area contributed by atoms with E-state index in [9.17, 15) is 0 Å². The fourth-order valence-electron chi connectivity index (χ4n) is 10.7. The number of nitrogens with zero attached hydrogens (tertiary/aromatic N) is 3. The molecule has 14 rings (SSSR count). The van der Waals surface area contributed by atoms with Crippen molar-refractivity contribution in [2.45, 2.75) is 0 Å². The first-order valence-electron chi connectivity index (χ1n) is 21.9. The van der Waals surface area contributed by atoms with Crippen LogP contribution >= 0.6 is 0 Å². The summed E-state index contributed by atoms with van der Waals surface area (Å²) in [5.74, 6) is 0. The van der Waals surface area contributed by atoms with E-state index in [0.29, 0.717) is 0 Å². The Morgan fingerprint density at radius 1 is 0.266 bits per heavy atom. The molecule has 0 amide bonds. The number of hydrogen-bond donors (Lipinski definition) is 0. The standard InChI is InChI=1S/C60H37N3Se/c1-2-15-38(16-3-1)39-17-14-18-40(35-39)43-32-34-58-59(49-23-8-13-28-57(49)64-58)60(43)63-54-27-12-6-21-46(54)48-31-29-42(37-56(48)63)62-53-26-11-7-22-47(53)50-36-41(30-33-55(50)62)61-51-24-9-4-19-44(51)45-20-5-10-25-52(45)61/h1-37H. The molecule has 0 saturated heterocycles. The molecule has 0 aliphatic rings. The van der Waals surface area contributed by atoms with Gasteiger partial charge >= 0.3 is 302 Å². The summed E-state index contributed by atoms with van der Waals surface area (Å²) in [6, 6.07) is 83.2. The Morgan fingerprint density at radius 2 is 0.766 bits per heavy atom. The van der Waals surface area contributed by atoms with Gasteiger partial charge in [0, 0.05) is 10.8 Å². The third-order valence-corrected chi connectivity index (χ3v) is 15.8. The van der Waals surface area contributed by atoms with E-state index in [4.69, 9.17) is 0 Å². The SMILES string of the molecule is c1ccc(-c2cccc(-c3ccc4[se]c5ccccc5c4c3-n3c4ccccc4c4ccc(-n5c6ccccc6c6cc(-n7c8ccccc8c8ccccc87)ccc65)cc43)c2)cc1. The Kier molecular flexibility index (Phi) is 7.70. The van der Waals surface area contributed by atoms with Crippen molar-refractivity contribution in [1.29, 1.82) is 0 Å². The van der Waals surface area contributed by atoms with Crippen molar-refractivity contribution in [3.63, 3.8) is 0 Å². The van der Waals surface area contributed by atoms with Gasteiger partial charge in [0.1, 0.15) is 0 Å². The van der Waals surface area contributed by atoms with Crippen molar-refractivity contribution >= 4 is 99.2 Å². The Hall–Kier alpha value is -7.88. The molecule has 64 heavy (non-hydrogen) atoms. The molecule has 4 heteroatoms. The van der Waals surface area contributed by atoms with E-state index in [1.54, 1.807) is 0 Å². The molecule has 3 nitrogen and oxygen atoms in total. The zero-order valence-corrected chi connectivity index (χ0v) is 36.3. The molecule has 0 radical (unpaired) electrons. The third kappa shape index (κ3) is 5.15. The van der Waals surface area contributed by atoms with E-state index in [1.165, 1.54) is 113 Å². The number of aromatic nitrogens is 3. The van der Waals surface area contributed by atoms with Gasteiger partial charge in [0.2, 0.25) is 0 Å². The maximum absolute atomic E-state index is 2.59. The Labute approximate surface area is 374 Å². The number of benzene rings is 10. The minimum atomic E-state index is 0.204. The second kappa shape index (κ2) is 13.8. The molecule has 0 aliphatic heterocycles. The van der Waals surface area contributed by atoms with Crippen LogP contribution in [0.3, 0.4) is 0 Å². The van der Waals surface area contributed by atoms with Crippen LogP contribution in [0.25, 0.3) is 124 Å². The van der Waals surface area contributed by atoms with Gasteiger partial charge in [0.05, 0.1) is 11.0 Å². The van der Waals surface area contributed by atoms with Crippen LogP contribution in [0.5, 0.6) is 0 Å². The van der Waals surface area contributed by atoms with Crippen molar-refractivity contribution < 1.29 is 0 Å². The molecule has 0 unspecified atom stereocenters. The van der Waals surface area contributed by atoms with E-state index in [2.05, 4.69) is 238 Å². The molecule has 4 aromatic heterocycles. The fourth-order valence-corrected chi connectivity index (χ4v) is 13.0. The quantitative estimate of drug-likeness (QED) is 0.153. The topological polar surface area (TPSA) is 14.8 Å². The van der Waals surface area contributed by atoms with E-state index >= 15 is 0 Å². The summed E-state index contributed by atoms with van der Waals surface area (Å²) in [6.45, 7) is 0. The fraction of sp³-hybridized carbons (Fsp3) is 0. The van der Waals surface area contributed by atoms with Crippen molar-refractivity contribution in [1.82, 2.24) is 13.7 Å². The van der Waals surface area contributed by atoms with Crippen molar-refractivity contribution in [3.05, 3.63) is 224 Å². The summed E-state index contributed by atoms with van der Waals surface area (Å²) in [4.78, 5) is 0. The van der Waals surface area contributed by atoms with Crippen LogP contribution in [0.1, 0.15) is 0 Å². The van der Waals surface area contributed by atoms with E-state index < -0.39 is 0 Å². The third-order valence-electron chi connectivity index (χ3n) is 13.4. The van der Waals surface area contributed by atoms with E-state index in [-0.39, 0.29) is 14.5 Å². The molecule has 0 N–H and O–H groups in total. The number of para-hydroxylation sites is 4. The average Bonchev–Trinajstić information content (AvgIpc) is 4.10. The molecule has 14 aromatic rings. The predicted octanol–water partition coefficient (Wildman–Crippen LogP) is 15.7. The molecule has 298 valence electrons. The van der Waals surface area contributed by atoms with Gasteiger partial charge in [-0.05, 0) is 12.1 Å². The van der Waals surface area contributed by atoms with Crippen LogP contribution in [0.4, 0.5) is 0 Å². The molecule has 0 saturated carbocycles. The Morgan fingerprint density at radius 3 is 1.45 bits per heavy atom. The summed E-state index contributed by atoms with van der Waals surface area (Å²) in [5.41, 5.74) is 15.6. The van der Waals surface area contributed by atoms with Crippen molar-refractivity contribution in [2.75, 3.05) is 0 Å². The monoisotopic (exact) mass is 879 g/mol. The first kappa shape index (κ1) is 35.7. The molecule has 0 aliphatic carbocycles. The van der Waals surface area contributed by atoms with Gasteiger partial charge < -0.3 is 4.57 Å². The summed E-state index contributed by atoms with van der Waals surface area (Å²) in [7, 11) is 0. The van der Waals surface area contributed by atoms with Crippen LogP contribution in [-0.2, 0) is 0 Å². The zero-order valence-electron chi connectivity index (χ0n) is 34.6.